The second kappa shape index (κ2) is 5.21. The molecule has 0 atom stereocenters. The lowest BCUT2D eigenvalue weighted by atomic mass is 10.0. The van der Waals surface area contributed by atoms with Crippen LogP contribution in [0.1, 0.15) is 0 Å². The van der Waals surface area contributed by atoms with Gasteiger partial charge in [-0.3, -0.25) is 4.79 Å². The number of benzene rings is 1. The Labute approximate surface area is 129 Å². The van der Waals surface area contributed by atoms with Crippen LogP contribution < -0.4 is 11.3 Å². The molecule has 1 aromatic carbocycles. The lowest BCUT2D eigenvalue weighted by Crippen LogP contribution is -2.14. The predicted octanol–water partition coefficient (Wildman–Crippen LogP) is 3.05. The van der Waals surface area contributed by atoms with Gasteiger partial charge in [-0.1, -0.05) is 33.2 Å². The fraction of sp³-hybridized carbons (Fsp3) is 0.0667. The standard InChI is InChI=1S/C15H12BrN3O2/c1-19-7-6-10(8-12(19)20)14-13(15(17)18-21-14)9-2-4-11(16)5-3-9/h2-8H,1H3,(H2,17,18). The molecule has 2 aromatic heterocycles. The highest BCUT2D eigenvalue weighted by Gasteiger charge is 2.18. The van der Waals surface area contributed by atoms with Crippen molar-refractivity contribution >= 4 is 21.7 Å². The van der Waals surface area contributed by atoms with E-state index in [0.29, 0.717) is 22.7 Å². The zero-order valence-corrected chi connectivity index (χ0v) is 12.8. The highest BCUT2D eigenvalue weighted by molar-refractivity contribution is 9.10. The van der Waals surface area contributed by atoms with Crippen LogP contribution in [-0.4, -0.2) is 9.72 Å². The summed E-state index contributed by atoms with van der Waals surface area (Å²) in [6.07, 6.45) is 1.68. The van der Waals surface area contributed by atoms with Crippen LogP contribution in [0.2, 0.25) is 0 Å². The number of rotatable bonds is 2. The number of nitrogens with two attached hydrogens (primary N) is 1. The Balaban J connectivity index is 2.18. The summed E-state index contributed by atoms with van der Waals surface area (Å²) in [5, 5.41) is 3.83. The molecule has 5 nitrogen and oxygen atoms in total. The summed E-state index contributed by atoms with van der Waals surface area (Å²) in [5.41, 5.74) is 8.02. The Morgan fingerprint density at radius 2 is 1.90 bits per heavy atom. The average molecular weight is 346 g/mol. The Morgan fingerprint density at radius 3 is 2.57 bits per heavy atom. The van der Waals surface area contributed by atoms with Gasteiger partial charge in [0.25, 0.3) is 5.56 Å². The van der Waals surface area contributed by atoms with Gasteiger partial charge in [-0.05, 0) is 23.8 Å². The van der Waals surface area contributed by atoms with Gasteiger partial charge in [0.15, 0.2) is 11.6 Å². The van der Waals surface area contributed by atoms with Crippen LogP contribution in [-0.2, 0) is 7.05 Å². The number of nitrogen functional groups attached to an aromatic ring is 1. The second-order valence-corrected chi connectivity index (χ2v) is 5.56. The van der Waals surface area contributed by atoms with Gasteiger partial charge in [0.1, 0.15) is 0 Å². The molecule has 3 aromatic rings. The van der Waals surface area contributed by atoms with Crippen molar-refractivity contribution < 1.29 is 4.52 Å². The van der Waals surface area contributed by atoms with Crippen molar-refractivity contribution in [3.8, 4) is 22.5 Å². The van der Waals surface area contributed by atoms with Gasteiger partial charge in [0.2, 0.25) is 0 Å². The summed E-state index contributed by atoms with van der Waals surface area (Å²) in [5.74, 6) is 0.792. The van der Waals surface area contributed by atoms with E-state index < -0.39 is 0 Å². The van der Waals surface area contributed by atoms with Crippen molar-refractivity contribution in [1.82, 2.24) is 9.72 Å². The first-order valence-corrected chi connectivity index (χ1v) is 7.03. The van der Waals surface area contributed by atoms with Crippen molar-refractivity contribution in [3.63, 3.8) is 0 Å². The van der Waals surface area contributed by atoms with Crippen LogP contribution in [0.5, 0.6) is 0 Å². The maximum atomic E-state index is 11.8. The van der Waals surface area contributed by atoms with Crippen LogP contribution in [0.4, 0.5) is 5.82 Å². The number of anilines is 1. The third-order valence-corrected chi connectivity index (χ3v) is 3.75. The number of nitrogens with zero attached hydrogens (tertiary/aromatic N) is 2. The van der Waals surface area contributed by atoms with Gasteiger partial charge < -0.3 is 14.8 Å². The molecule has 0 aliphatic heterocycles. The maximum Gasteiger partial charge on any atom is 0.250 e. The van der Waals surface area contributed by atoms with Crippen molar-refractivity contribution in [2.45, 2.75) is 0 Å². The van der Waals surface area contributed by atoms with Gasteiger partial charge >= 0.3 is 0 Å². The monoisotopic (exact) mass is 345 g/mol. The molecule has 6 heteroatoms. The van der Waals surface area contributed by atoms with E-state index in [4.69, 9.17) is 10.3 Å². The Hall–Kier alpha value is -2.34. The first kappa shape index (κ1) is 13.6. The Kier molecular flexibility index (Phi) is 3.39. The van der Waals surface area contributed by atoms with E-state index in [1.54, 1.807) is 19.3 Å². The molecule has 0 saturated carbocycles. The SMILES string of the molecule is Cn1ccc(-c2onc(N)c2-c2ccc(Br)cc2)cc1=O. The Morgan fingerprint density at radius 1 is 1.19 bits per heavy atom. The number of halogens is 1. The van der Waals surface area contributed by atoms with Gasteiger partial charge in [-0.2, -0.15) is 0 Å². The fourth-order valence-electron chi connectivity index (χ4n) is 2.08. The molecule has 0 radical (unpaired) electrons. The molecule has 2 heterocycles. The van der Waals surface area contributed by atoms with Crippen LogP contribution >= 0.6 is 15.9 Å². The molecule has 0 unspecified atom stereocenters. The van der Waals surface area contributed by atoms with Crippen molar-refractivity contribution in [2.75, 3.05) is 5.73 Å². The molecule has 0 saturated heterocycles. The van der Waals surface area contributed by atoms with Crippen LogP contribution in [0.3, 0.4) is 0 Å². The van der Waals surface area contributed by atoms with Gasteiger partial charge in [0.05, 0.1) is 5.56 Å². The average Bonchev–Trinajstić information content (AvgIpc) is 2.85. The molecule has 21 heavy (non-hydrogen) atoms. The summed E-state index contributed by atoms with van der Waals surface area (Å²) < 4.78 is 7.78. The molecule has 2 N–H and O–H groups in total. The molecule has 0 aliphatic rings. The summed E-state index contributed by atoms with van der Waals surface area (Å²) in [6.45, 7) is 0. The zero-order chi connectivity index (χ0) is 15.0. The largest absolute Gasteiger partial charge is 0.380 e. The molecular formula is C15H12BrN3O2. The minimum absolute atomic E-state index is 0.121. The molecule has 106 valence electrons. The molecular weight excluding hydrogens is 334 g/mol. The van der Waals surface area contributed by atoms with Gasteiger partial charge in [-0.25, -0.2) is 0 Å². The predicted molar refractivity (Wildman–Crippen MR) is 84.7 cm³/mol. The molecule has 0 aliphatic carbocycles. The van der Waals surface area contributed by atoms with E-state index in [1.165, 1.54) is 10.6 Å². The number of aromatic nitrogens is 2. The molecule has 0 amide bonds. The molecule has 0 fully saturated rings. The van der Waals surface area contributed by atoms with Crippen molar-refractivity contribution in [3.05, 3.63) is 57.4 Å². The third kappa shape index (κ3) is 2.50. The number of hydrogen-bond donors (Lipinski definition) is 1. The molecule has 0 bridgehead atoms. The van der Waals surface area contributed by atoms with Crippen molar-refractivity contribution in [1.29, 1.82) is 0 Å². The number of aryl methyl sites for hydroxylation is 1. The zero-order valence-electron chi connectivity index (χ0n) is 11.2. The van der Waals surface area contributed by atoms with E-state index in [-0.39, 0.29) is 5.56 Å². The first-order valence-electron chi connectivity index (χ1n) is 6.24. The highest BCUT2D eigenvalue weighted by Crippen LogP contribution is 2.36. The number of hydrogen-bond acceptors (Lipinski definition) is 4. The minimum Gasteiger partial charge on any atom is -0.380 e. The quantitative estimate of drug-likeness (QED) is 0.774. The summed E-state index contributed by atoms with van der Waals surface area (Å²) in [6, 6.07) is 11.0. The molecule has 3 rings (SSSR count). The van der Waals surface area contributed by atoms with E-state index in [0.717, 1.165) is 10.0 Å². The minimum atomic E-state index is -0.121. The summed E-state index contributed by atoms with van der Waals surface area (Å²) in [7, 11) is 1.69. The topological polar surface area (TPSA) is 74.1 Å². The number of pyridine rings is 1. The van der Waals surface area contributed by atoms with Crippen molar-refractivity contribution in [2.24, 2.45) is 7.05 Å². The van der Waals surface area contributed by atoms with Crippen LogP contribution in [0, 0.1) is 0 Å². The molecule has 0 spiro atoms. The van der Waals surface area contributed by atoms with Gasteiger partial charge in [-0.15, -0.1) is 0 Å². The third-order valence-electron chi connectivity index (χ3n) is 3.22. The van der Waals surface area contributed by atoms with E-state index in [1.807, 2.05) is 24.3 Å². The first-order chi connectivity index (χ1) is 10.1. The lowest BCUT2D eigenvalue weighted by molar-refractivity contribution is 0.436. The van der Waals surface area contributed by atoms with E-state index >= 15 is 0 Å². The lowest BCUT2D eigenvalue weighted by Gasteiger charge is -2.04. The summed E-state index contributed by atoms with van der Waals surface area (Å²) in [4.78, 5) is 11.8. The van der Waals surface area contributed by atoms with Crippen LogP contribution in [0.25, 0.3) is 22.5 Å². The Bertz CT molecular complexity index is 850. The van der Waals surface area contributed by atoms with E-state index in [2.05, 4.69) is 21.1 Å². The summed E-state index contributed by atoms with van der Waals surface area (Å²) >= 11 is 3.39. The highest BCUT2D eigenvalue weighted by atomic mass is 79.9. The maximum absolute atomic E-state index is 11.8. The van der Waals surface area contributed by atoms with Gasteiger partial charge in [0, 0.05) is 29.3 Å². The normalized spacial score (nSPS) is 10.8. The fourth-order valence-corrected chi connectivity index (χ4v) is 2.35. The van der Waals surface area contributed by atoms with Crippen LogP contribution in [0.15, 0.2) is 56.4 Å². The van der Waals surface area contributed by atoms with E-state index in [9.17, 15) is 4.79 Å². The smallest absolute Gasteiger partial charge is 0.250 e. The second-order valence-electron chi connectivity index (χ2n) is 4.64.